The molecule has 5 heteroatoms. The third kappa shape index (κ3) is 5.13. The van der Waals surface area contributed by atoms with Crippen molar-refractivity contribution in [1.29, 1.82) is 0 Å². The largest absolute Gasteiger partial charge is 0.351 e. The molecule has 1 aromatic rings. The molecule has 1 N–H and O–H groups in total. The molecule has 1 unspecified atom stereocenters. The molecule has 0 heterocycles. The smallest absolute Gasteiger partial charge is 0.176 e. The predicted molar refractivity (Wildman–Crippen MR) is 82.2 cm³/mol. The molecule has 0 aliphatic rings. The van der Waals surface area contributed by atoms with Gasteiger partial charge in [-0.15, -0.1) is 0 Å². The van der Waals surface area contributed by atoms with Crippen molar-refractivity contribution >= 4 is 15.9 Å². The Morgan fingerprint density at radius 3 is 2.40 bits per heavy atom. The van der Waals surface area contributed by atoms with Crippen molar-refractivity contribution in [2.45, 2.75) is 39.5 Å². The van der Waals surface area contributed by atoms with Crippen LogP contribution in [0.1, 0.15) is 38.8 Å². The molecule has 20 heavy (non-hydrogen) atoms. The lowest BCUT2D eigenvalue weighted by molar-refractivity contribution is -0.155. The molecule has 3 nitrogen and oxygen atoms in total. The number of hydrogen-bond donors (Lipinski definition) is 1. The topological polar surface area (TPSA) is 30.5 Å². The van der Waals surface area contributed by atoms with Crippen molar-refractivity contribution in [3.8, 4) is 0 Å². The summed E-state index contributed by atoms with van der Waals surface area (Å²) in [5.41, 5.74) is 0.555. The molecule has 0 fully saturated rings. The maximum atomic E-state index is 14.1. The maximum absolute atomic E-state index is 14.1. The van der Waals surface area contributed by atoms with E-state index in [0.717, 1.165) is 17.4 Å². The Balaban J connectivity index is 3.04. The van der Waals surface area contributed by atoms with Crippen molar-refractivity contribution in [1.82, 2.24) is 5.32 Å². The van der Waals surface area contributed by atoms with Crippen LogP contribution in [-0.2, 0) is 9.47 Å². The summed E-state index contributed by atoms with van der Waals surface area (Å²) >= 11 is 3.38. The Kier molecular flexibility index (Phi) is 8.30. The normalized spacial score (nSPS) is 12.9. The molecule has 0 bridgehead atoms. The van der Waals surface area contributed by atoms with E-state index in [9.17, 15) is 4.39 Å². The van der Waals surface area contributed by atoms with E-state index in [4.69, 9.17) is 9.47 Å². The second kappa shape index (κ2) is 9.45. The van der Waals surface area contributed by atoms with E-state index < -0.39 is 6.29 Å². The minimum Gasteiger partial charge on any atom is -0.351 e. The molecule has 1 aromatic carbocycles. The van der Waals surface area contributed by atoms with E-state index in [2.05, 4.69) is 28.2 Å². The van der Waals surface area contributed by atoms with Crippen LogP contribution in [0.15, 0.2) is 22.7 Å². The van der Waals surface area contributed by atoms with E-state index in [-0.39, 0.29) is 11.9 Å². The second-order valence-electron chi connectivity index (χ2n) is 4.38. The zero-order valence-electron chi connectivity index (χ0n) is 12.3. The molecular formula is C15H23BrFNO2. The maximum Gasteiger partial charge on any atom is 0.176 e. The zero-order valence-corrected chi connectivity index (χ0v) is 13.9. The van der Waals surface area contributed by atoms with E-state index in [0.29, 0.717) is 18.8 Å². The Labute approximate surface area is 129 Å². The highest BCUT2D eigenvalue weighted by Gasteiger charge is 2.26. The summed E-state index contributed by atoms with van der Waals surface area (Å²) in [6.45, 7) is 7.68. The minimum atomic E-state index is -0.500. The average molecular weight is 348 g/mol. The number of rotatable bonds is 9. The van der Waals surface area contributed by atoms with Crippen LogP contribution >= 0.6 is 15.9 Å². The lowest BCUT2D eigenvalue weighted by Crippen LogP contribution is -2.37. The lowest BCUT2D eigenvalue weighted by Gasteiger charge is -2.28. The number of hydrogen-bond acceptors (Lipinski definition) is 3. The highest BCUT2D eigenvalue weighted by Crippen LogP contribution is 2.26. The first-order valence-electron chi connectivity index (χ1n) is 7.05. The first kappa shape index (κ1) is 17.6. The first-order valence-corrected chi connectivity index (χ1v) is 7.84. The molecule has 114 valence electrons. The van der Waals surface area contributed by atoms with Gasteiger partial charge in [0.05, 0.1) is 6.04 Å². The Hall–Kier alpha value is -0.490. The molecule has 0 radical (unpaired) electrons. The summed E-state index contributed by atoms with van der Waals surface area (Å²) in [5, 5.41) is 3.31. The van der Waals surface area contributed by atoms with Crippen molar-refractivity contribution < 1.29 is 13.9 Å². The first-order chi connectivity index (χ1) is 9.63. The molecule has 0 saturated heterocycles. The van der Waals surface area contributed by atoms with Gasteiger partial charge in [0, 0.05) is 23.2 Å². The summed E-state index contributed by atoms with van der Waals surface area (Å²) in [6.07, 6.45) is 0.456. The van der Waals surface area contributed by atoms with Gasteiger partial charge in [-0.3, -0.25) is 0 Å². The van der Waals surface area contributed by atoms with Gasteiger partial charge in [-0.25, -0.2) is 4.39 Å². The van der Waals surface area contributed by atoms with Gasteiger partial charge < -0.3 is 14.8 Å². The van der Waals surface area contributed by atoms with Crippen LogP contribution in [0.5, 0.6) is 0 Å². The van der Waals surface area contributed by atoms with Gasteiger partial charge in [0.1, 0.15) is 5.82 Å². The number of ether oxygens (including phenoxy) is 2. The van der Waals surface area contributed by atoms with Gasteiger partial charge in [-0.2, -0.15) is 0 Å². The quantitative estimate of drug-likeness (QED) is 0.684. The van der Waals surface area contributed by atoms with Crippen LogP contribution in [0, 0.1) is 5.82 Å². The second-order valence-corrected chi connectivity index (χ2v) is 5.29. The monoisotopic (exact) mass is 347 g/mol. The highest BCUT2D eigenvalue weighted by atomic mass is 79.9. The third-order valence-electron chi connectivity index (χ3n) is 2.84. The fourth-order valence-corrected chi connectivity index (χ4v) is 2.35. The van der Waals surface area contributed by atoms with Crippen molar-refractivity contribution in [2.24, 2.45) is 0 Å². The standard InChI is InChI=1S/C15H23BrFNO2/c1-4-9-18-14(15(19-5-2)20-6-3)12-10-11(16)7-8-13(12)17/h7-8,10,14-15,18H,4-6,9H2,1-3H3. The summed E-state index contributed by atoms with van der Waals surface area (Å²) < 4.78 is 26.2. The molecule has 0 aliphatic carbocycles. The summed E-state index contributed by atoms with van der Waals surface area (Å²) in [5.74, 6) is -0.258. The molecule has 0 aliphatic heterocycles. The van der Waals surface area contributed by atoms with Gasteiger partial charge in [0.25, 0.3) is 0 Å². The average Bonchev–Trinajstić information content (AvgIpc) is 2.43. The third-order valence-corrected chi connectivity index (χ3v) is 3.33. The highest BCUT2D eigenvalue weighted by molar-refractivity contribution is 9.10. The van der Waals surface area contributed by atoms with Gasteiger partial charge >= 0.3 is 0 Å². The van der Waals surface area contributed by atoms with Gasteiger partial charge in [-0.1, -0.05) is 22.9 Å². The Morgan fingerprint density at radius 2 is 1.85 bits per heavy atom. The Bertz CT molecular complexity index is 397. The van der Waals surface area contributed by atoms with Crippen LogP contribution in [0.4, 0.5) is 4.39 Å². The SMILES string of the molecule is CCCNC(c1cc(Br)ccc1F)C(OCC)OCC. The van der Waals surface area contributed by atoms with Crippen molar-refractivity contribution in [2.75, 3.05) is 19.8 Å². The van der Waals surface area contributed by atoms with Crippen LogP contribution in [-0.4, -0.2) is 26.0 Å². The summed E-state index contributed by atoms with van der Waals surface area (Å²) in [6, 6.07) is 4.58. The zero-order chi connectivity index (χ0) is 15.0. The van der Waals surface area contributed by atoms with Gasteiger partial charge in [-0.05, 0) is 45.0 Å². The number of benzene rings is 1. The molecule has 0 amide bonds. The fourth-order valence-electron chi connectivity index (χ4n) is 1.97. The summed E-state index contributed by atoms with van der Waals surface area (Å²) in [7, 11) is 0. The number of halogens is 2. The van der Waals surface area contributed by atoms with Crippen molar-refractivity contribution in [3.63, 3.8) is 0 Å². The minimum absolute atomic E-state index is 0.258. The van der Waals surface area contributed by atoms with E-state index in [1.807, 2.05) is 13.8 Å². The van der Waals surface area contributed by atoms with E-state index >= 15 is 0 Å². The van der Waals surface area contributed by atoms with Gasteiger partial charge in [0.15, 0.2) is 6.29 Å². The van der Waals surface area contributed by atoms with Crippen LogP contribution in [0.3, 0.4) is 0 Å². The molecule has 1 rings (SSSR count). The van der Waals surface area contributed by atoms with Crippen molar-refractivity contribution in [3.05, 3.63) is 34.1 Å². The van der Waals surface area contributed by atoms with Crippen LogP contribution < -0.4 is 5.32 Å². The summed E-state index contributed by atoms with van der Waals surface area (Å²) in [4.78, 5) is 0. The molecular weight excluding hydrogens is 325 g/mol. The number of nitrogens with one attached hydrogen (secondary N) is 1. The fraction of sp³-hybridized carbons (Fsp3) is 0.600. The molecule has 0 saturated carbocycles. The van der Waals surface area contributed by atoms with E-state index in [1.54, 1.807) is 12.1 Å². The van der Waals surface area contributed by atoms with Crippen LogP contribution in [0.25, 0.3) is 0 Å². The van der Waals surface area contributed by atoms with E-state index in [1.165, 1.54) is 6.07 Å². The Morgan fingerprint density at radius 1 is 1.20 bits per heavy atom. The predicted octanol–water partition coefficient (Wildman–Crippen LogP) is 4.03. The molecule has 0 aromatic heterocycles. The van der Waals surface area contributed by atoms with Crippen LogP contribution in [0.2, 0.25) is 0 Å². The molecule has 1 atom stereocenters. The molecule has 0 spiro atoms. The van der Waals surface area contributed by atoms with Gasteiger partial charge in [0.2, 0.25) is 0 Å². The lowest BCUT2D eigenvalue weighted by atomic mass is 10.1.